The molecule has 0 amide bonds. The molecular weight excluding hydrogens is 206 g/mol. The molecule has 1 unspecified atom stereocenters. The summed E-state index contributed by atoms with van der Waals surface area (Å²) in [5.74, 6) is 1.26. The van der Waals surface area contributed by atoms with Crippen LogP contribution in [0.5, 0.6) is 0 Å². The Labute approximate surface area is 92.6 Å². The second-order valence-corrected chi connectivity index (χ2v) is 3.24. The van der Waals surface area contributed by atoms with Crippen molar-refractivity contribution in [2.24, 2.45) is 0 Å². The normalized spacial score (nSPS) is 13.1. The average molecular weight is 217 g/mol. The van der Waals surface area contributed by atoms with E-state index in [0.717, 1.165) is 17.5 Å². The highest BCUT2D eigenvalue weighted by molar-refractivity contribution is 5.59. The molecule has 0 fully saturated rings. The van der Waals surface area contributed by atoms with Crippen molar-refractivity contribution in [3.8, 4) is 11.3 Å². The largest absolute Gasteiger partial charge is 0.595 e. The van der Waals surface area contributed by atoms with E-state index in [2.05, 4.69) is 0 Å². The smallest absolute Gasteiger partial charge is 0.134 e. The van der Waals surface area contributed by atoms with E-state index in [1.807, 2.05) is 36.4 Å². The Kier molecular flexibility index (Phi) is 3.16. The first-order chi connectivity index (χ1) is 7.75. The molecule has 2 N–H and O–H groups in total. The summed E-state index contributed by atoms with van der Waals surface area (Å²) in [6.45, 7) is 0. The van der Waals surface area contributed by atoms with Crippen LogP contribution in [0.1, 0.15) is 5.76 Å². The van der Waals surface area contributed by atoms with E-state index in [9.17, 15) is 5.21 Å². The lowest BCUT2D eigenvalue weighted by Crippen LogP contribution is -2.99. The van der Waals surface area contributed by atoms with E-state index < -0.39 is 5.23 Å². The minimum absolute atomic E-state index is 0.529. The van der Waals surface area contributed by atoms with Gasteiger partial charge < -0.3 is 9.62 Å². The first-order valence-electron chi connectivity index (χ1n) is 4.82. The summed E-state index contributed by atoms with van der Waals surface area (Å²) in [7, 11) is 0. The number of nitrogens with one attached hydrogen (secondary N) is 1. The third-order valence-corrected chi connectivity index (χ3v) is 2.08. The number of furan rings is 1. The summed E-state index contributed by atoms with van der Waals surface area (Å²) in [5, 5.41) is 17.8. The Morgan fingerprint density at radius 2 is 1.88 bits per heavy atom. The van der Waals surface area contributed by atoms with Gasteiger partial charge in [0.25, 0.3) is 0 Å². The molecule has 1 aromatic heterocycles. The zero-order valence-corrected chi connectivity index (χ0v) is 8.46. The van der Waals surface area contributed by atoms with Gasteiger partial charge >= 0.3 is 0 Å². The van der Waals surface area contributed by atoms with Crippen LogP contribution < -0.4 is 5.23 Å². The summed E-state index contributed by atoms with van der Waals surface area (Å²) in [5.41, 5.74) is 0.970. The molecule has 82 valence electrons. The van der Waals surface area contributed by atoms with Crippen molar-refractivity contribution >= 4 is 6.08 Å². The molecule has 2 rings (SSSR count). The highest BCUT2D eigenvalue weighted by atomic mass is 16.8. The molecule has 0 saturated carbocycles. The Balaban J connectivity index is 2.20. The lowest BCUT2D eigenvalue weighted by molar-refractivity contribution is -1.00. The van der Waals surface area contributed by atoms with Crippen LogP contribution in [0.15, 0.2) is 53.1 Å². The molecule has 2 aromatic rings. The molecule has 1 aromatic carbocycles. The van der Waals surface area contributed by atoms with Gasteiger partial charge in [0.1, 0.15) is 17.7 Å². The average Bonchev–Trinajstić information content (AvgIpc) is 2.76. The SMILES string of the molecule is [O-][NH+](O)C=Cc1ccc(-c2ccccc2)o1. The van der Waals surface area contributed by atoms with Gasteiger partial charge in [-0.15, -0.1) is 0 Å². The van der Waals surface area contributed by atoms with Crippen molar-refractivity contribution in [3.05, 3.63) is 59.6 Å². The Bertz CT molecular complexity index is 474. The molecule has 0 saturated heterocycles. The minimum Gasteiger partial charge on any atom is -0.595 e. The molecule has 1 heterocycles. The van der Waals surface area contributed by atoms with Crippen molar-refractivity contribution in [1.29, 1.82) is 0 Å². The van der Waals surface area contributed by atoms with Crippen LogP contribution in [0.3, 0.4) is 0 Å². The maximum absolute atomic E-state index is 10.3. The molecule has 0 aliphatic rings. The Morgan fingerprint density at radius 3 is 2.56 bits per heavy atom. The molecule has 16 heavy (non-hydrogen) atoms. The van der Waals surface area contributed by atoms with Crippen LogP contribution in [0.25, 0.3) is 17.4 Å². The highest BCUT2D eigenvalue weighted by Crippen LogP contribution is 2.21. The van der Waals surface area contributed by atoms with Gasteiger partial charge in [-0.1, -0.05) is 30.3 Å². The van der Waals surface area contributed by atoms with Gasteiger partial charge in [-0.3, -0.25) is 0 Å². The fourth-order valence-corrected chi connectivity index (χ4v) is 1.35. The maximum atomic E-state index is 10.3. The summed E-state index contributed by atoms with van der Waals surface area (Å²) >= 11 is 0. The zero-order chi connectivity index (χ0) is 11.4. The fraction of sp³-hybridized carbons (Fsp3) is 0. The van der Waals surface area contributed by atoms with Gasteiger partial charge in [-0.2, -0.15) is 0 Å². The molecule has 0 aliphatic carbocycles. The molecule has 0 radical (unpaired) electrons. The molecule has 4 heteroatoms. The van der Waals surface area contributed by atoms with Crippen molar-refractivity contribution in [2.75, 3.05) is 0 Å². The summed E-state index contributed by atoms with van der Waals surface area (Å²) in [6.07, 6.45) is 2.47. The van der Waals surface area contributed by atoms with Crippen LogP contribution in [0.4, 0.5) is 0 Å². The maximum Gasteiger partial charge on any atom is 0.134 e. The van der Waals surface area contributed by atoms with Gasteiger partial charge in [-0.05, 0) is 12.1 Å². The van der Waals surface area contributed by atoms with Gasteiger partial charge in [0.2, 0.25) is 0 Å². The Hall–Kier alpha value is -1.88. The molecular formula is C12H11NO3. The molecule has 1 atom stereocenters. The van der Waals surface area contributed by atoms with Crippen LogP contribution in [0, 0.1) is 5.21 Å². The van der Waals surface area contributed by atoms with Crippen LogP contribution in [0.2, 0.25) is 0 Å². The standard InChI is InChI=1S/C12H11NO3/c14-13(15)9-8-11-6-7-12(16-11)10-4-2-1-3-5-10/h1-9,13-14H. The van der Waals surface area contributed by atoms with Crippen LogP contribution in [-0.2, 0) is 0 Å². The van der Waals surface area contributed by atoms with E-state index in [4.69, 9.17) is 9.62 Å². The van der Waals surface area contributed by atoms with Gasteiger partial charge in [0.05, 0.1) is 0 Å². The first-order valence-corrected chi connectivity index (χ1v) is 4.82. The Morgan fingerprint density at radius 1 is 1.12 bits per heavy atom. The summed E-state index contributed by atoms with van der Waals surface area (Å²) in [4.78, 5) is 0. The summed E-state index contributed by atoms with van der Waals surface area (Å²) in [6, 6.07) is 13.2. The van der Waals surface area contributed by atoms with Crippen molar-refractivity contribution in [2.45, 2.75) is 0 Å². The predicted molar refractivity (Wildman–Crippen MR) is 59.3 cm³/mol. The molecule has 0 aliphatic heterocycles. The van der Waals surface area contributed by atoms with Crippen LogP contribution in [-0.4, -0.2) is 5.21 Å². The van der Waals surface area contributed by atoms with Gasteiger partial charge in [0.15, 0.2) is 0 Å². The van der Waals surface area contributed by atoms with Crippen molar-refractivity contribution in [1.82, 2.24) is 0 Å². The van der Waals surface area contributed by atoms with Gasteiger partial charge in [-0.25, -0.2) is 10.4 Å². The quantitative estimate of drug-likeness (QED) is 0.769. The summed E-state index contributed by atoms with van der Waals surface area (Å²) < 4.78 is 5.47. The highest BCUT2D eigenvalue weighted by Gasteiger charge is 2.01. The molecule has 4 nitrogen and oxygen atoms in total. The third-order valence-electron chi connectivity index (χ3n) is 2.08. The lowest BCUT2D eigenvalue weighted by atomic mass is 10.2. The number of benzene rings is 1. The van der Waals surface area contributed by atoms with Gasteiger partial charge in [0, 0.05) is 11.6 Å². The van der Waals surface area contributed by atoms with Crippen molar-refractivity contribution in [3.63, 3.8) is 0 Å². The number of hydroxylamine groups is 2. The predicted octanol–water partition coefficient (Wildman–Crippen LogP) is 1.69. The monoisotopic (exact) mass is 217 g/mol. The van der Waals surface area contributed by atoms with Crippen LogP contribution >= 0.6 is 0 Å². The number of rotatable bonds is 3. The first kappa shape index (κ1) is 10.6. The second-order valence-electron chi connectivity index (χ2n) is 3.24. The fourth-order valence-electron chi connectivity index (χ4n) is 1.35. The molecule has 0 spiro atoms. The second kappa shape index (κ2) is 4.76. The molecule has 0 bridgehead atoms. The van der Waals surface area contributed by atoms with E-state index in [0.29, 0.717) is 5.76 Å². The number of quaternary nitrogens is 1. The van der Waals surface area contributed by atoms with E-state index in [1.165, 1.54) is 6.08 Å². The number of hydrogen-bond donors (Lipinski definition) is 2. The minimum atomic E-state index is -0.988. The van der Waals surface area contributed by atoms with E-state index in [-0.39, 0.29) is 0 Å². The van der Waals surface area contributed by atoms with E-state index >= 15 is 0 Å². The lowest BCUT2D eigenvalue weighted by Gasteiger charge is -2.02. The topological polar surface area (TPSA) is 60.9 Å². The van der Waals surface area contributed by atoms with Crippen molar-refractivity contribution < 1.29 is 14.9 Å². The number of hydrogen-bond acceptors (Lipinski definition) is 3. The zero-order valence-electron chi connectivity index (χ0n) is 8.46. The third kappa shape index (κ3) is 2.58. The van der Waals surface area contributed by atoms with E-state index in [1.54, 1.807) is 6.07 Å².